The van der Waals surface area contributed by atoms with Crippen molar-refractivity contribution in [3.63, 3.8) is 0 Å². The Morgan fingerprint density at radius 1 is 1.14 bits per heavy atom. The van der Waals surface area contributed by atoms with Crippen molar-refractivity contribution in [2.24, 2.45) is 0 Å². The van der Waals surface area contributed by atoms with Crippen molar-refractivity contribution in [3.05, 3.63) is 42.0 Å². The Hall–Kier alpha value is -3.45. The minimum Gasteiger partial charge on any atom is -0.465 e. The van der Waals surface area contributed by atoms with Crippen molar-refractivity contribution in [2.45, 2.75) is 44.9 Å². The Morgan fingerprint density at radius 3 is 2.28 bits per heavy atom. The van der Waals surface area contributed by atoms with Gasteiger partial charge in [0.2, 0.25) is 5.91 Å². The fourth-order valence-electron chi connectivity index (χ4n) is 3.38. The first-order chi connectivity index (χ1) is 16.6. The molecule has 1 aromatic carbocycles. The van der Waals surface area contributed by atoms with Gasteiger partial charge in [0.15, 0.2) is 0 Å². The van der Waals surface area contributed by atoms with Crippen molar-refractivity contribution < 1.29 is 46.0 Å². The molecule has 13 heteroatoms. The summed E-state index contributed by atoms with van der Waals surface area (Å²) in [5.41, 5.74) is -0.896. The maximum absolute atomic E-state index is 13.2. The zero-order chi connectivity index (χ0) is 27.3. The monoisotopic (exact) mass is 526 g/mol. The molecule has 1 aromatic rings. The number of carbonyl (C=O) groups is 4. The van der Waals surface area contributed by atoms with E-state index < -0.39 is 51.8 Å². The van der Waals surface area contributed by atoms with Crippen LogP contribution >= 0.6 is 0 Å². The molecule has 12 nitrogen and oxygen atoms in total. The first-order valence-electron chi connectivity index (χ1n) is 10.8. The van der Waals surface area contributed by atoms with Gasteiger partial charge in [-0.15, -0.1) is 0 Å². The molecule has 1 heterocycles. The van der Waals surface area contributed by atoms with E-state index in [2.05, 4.69) is 11.9 Å². The third-order valence-corrected chi connectivity index (χ3v) is 5.32. The number of carbonyl (C=O) groups excluding carboxylic acids is 4. The summed E-state index contributed by atoms with van der Waals surface area (Å²) < 4.78 is 43.3. The van der Waals surface area contributed by atoms with E-state index in [1.165, 1.54) is 24.3 Å². The van der Waals surface area contributed by atoms with Gasteiger partial charge in [0.25, 0.3) is 10.1 Å². The zero-order valence-electron chi connectivity index (χ0n) is 20.7. The van der Waals surface area contributed by atoms with E-state index in [0.717, 1.165) is 18.3 Å². The van der Waals surface area contributed by atoms with Crippen LogP contribution in [-0.2, 0) is 33.3 Å². The van der Waals surface area contributed by atoms with Crippen LogP contribution in [0.4, 0.5) is 10.5 Å². The fraction of sp³-hybridized carbons (Fsp3) is 0.478. The molecule has 1 N–H and O–H groups in total. The number of hydrogen-bond acceptors (Lipinski definition) is 10. The van der Waals surface area contributed by atoms with Crippen LogP contribution in [0.1, 0.15) is 47.9 Å². The number of ether oxygens (including phenoxy) is 3. The second-order valence-corrected chi connectivity index (χ2v) is 10.6. The number of esters is 2. The SMILES string of the molecule is C=CCOC(=O)c1cc(NC(=O)[C@@H]2C[C@@H](OS(C)(=O)=O)CN2C(=O)OC(C)(C)C)cc(C(=O)OC)c1. The summed E-state index contributed by atoms with van der Waals surface area (Å²) in [4.78, 5) is 51.5. The first kappa shape index (κ1) is 28.8. The van der Waals surface area contributed by atoms with Crippen molar-refractivity contribution in [1.82, 2.24) is 4.90 Å². The molecule has 1 fully saturated rings. The fourth-order valence-corrected chi connectivity index (χ4v) is 4.02. The number of nitrogens with zero attached hydrogens (tertiary/aromatic N) is 1. The van der Waals surface area contributed by atoms with E-state index in [1.807, 2.05) is 0 Å². The lowest BCUT2D eigenvalue weighted by Crippen LogP contribution is -2.45. The van der Waals surface area contributed by atoms with Gasteiger partial charge >= 0.3 is 18.0 Å². The highest BCUT2D eigenvalue weighted by molar-refractivity contribution is 7.86. The van der Waals surface area contributed by atoms with Gasteiger partial charge in [-0.25, -0.2) is 14.4 Å². The Balaban J connectivity index is 2.36. The number of rotatable bonds is 8. The maximum Gasteiger partial charge on any atom is 0.411 e. The number of anilines is 1. The molecule has 198 valence electrons. The summed E-state index contributed by atoms with van der Waals surface area (Å²) >= 11 is 0. The molecule has 0 saturated carbocycles. The Morgan fingerprint density at radius 2 is 1.75 bits per heavy atom. The highest BCUT2D eigenvalue weighted by Gasteiger charge is 2.43. The van der Waals surface area contributed by atoms with Gasteiger partial charge in [-0.1, -0.05) is 12.7 Å². The molecule has 0 radical (unpaired) electrons. The van der Waals surface area contributed by atoms with Crippen LogP contribution < -0.4 is 5.32 Å². The smallest absolute Gasteiger partial charge is 0.411 e. The first-order valence-corrected chi connectivity index (χ1v) is 12.7. The van der Waals surface area contributed by atoms with E-state index >= 15 is 0 Å². The zero-order valence-corrected chi connectivity index (χ0v) is 21.5. The second kappa shape index (κ2) is 11.5. The molecule has 0 aliphatic carbocycles. The summed E-state index contributed by atoms with van der Waals surface area (Å²) in [6.45, 7) is 8.11. The van der Waals surface area contributed by atoms with Crippen molar-refractivity contribution in [2.75, 3.05) is 31.8 Å². The van der Waals surface area contributed by atoms with E-state index in [1.54, 1.807) is 20.8 Å². The minimum atomic E-state index is -3.86. The minimum absolute atomic E-state index is 0.0328. The van der Waals surface area contributed by atoms with Gasteiger partial charge in [-0.05, 0) is 39.0 Å². The molecule has 1 aliphatic rings. The predicted octanol–water partition coefficient (Wildman–Crippen LogP) is 2.11. The van der Waals surface area contributed by atoms with Gasteiger partial charge < -0.3 is 19.5 Å². The molecule has 0 aromatic heterocycles. The third kappa shape index (κ3) is 8.34. The molecular weight excluding hydrogens is 496 g/mol. The number of methoxy groups -OCH3 is 1. The summed E-state index contributed by atoms with van der Waals surface area (Å²) in [7, 11) is -2.71. The lowest BCUT2D eigenvalue weighted by Gasteiger charge is -2.28. The van der Waals surface area contributed by atoms with Crippen LogP contribution in [0.5, 0.6) is 0 Å². The van der Waals surface area contributed by atoms with E-state index in [9.17, 15) is 27.6 Å². The lowest BCUT2D eigenvalue weighted by atomic mass is 10.1. The topological polar surface area (TPSA) is 155 Å². The Labute approximate surface area is 209 Å². The Bertz CT molecular complexity index is 1140. The van der Waals surface area contributed by atoms with E-state index in [4.69, 9.17) is 18.4 Å². The number of amides is 2. The van der Waals surface area contributed by atoms with Gasteiger partial charge in [-0.2, -0.15) is 8.42 Å². The highest BCUT2D eigenvalue weighted by Crippen LogP contribution is 2.26. The summed E-state index contributed by atoms with van der Waals surface area (Å²) in [6.07, 6.45) is 0.283. The normalized spacial score (nSPS) is 17.8. The molecule has 2 amide bonds. The lowest BCUT2D eigenvalue weighted by molar-refractivity contribution is -0.120. The van der Waals surface area contributed by atoms with E-state index in [0.29, 0.717) is 0 Å². The largest absolute Gasteiger partial charge is 0.465 e. The average Bonchev–Trinajstić information content (AvgIpc) is 3.18. The summed E-state index contributed by atoms with van der Waals surface area (Å²) in [5.74, 6) is -2.25. The molecule has 0 unspecified atom stereocenters. The highest BCUT2D eigenvalue weighted by atomic mass is 32.2. The van der Waals surface area contributed by atoms with Crippen LogP contribution in [0.15, 0.2) is 30.9 Å². The maximum atomic E-state index is 13.2. The van der Waals surface area contributed by atoms with Gasteiger partial charge in [0.05, 0.1) is 37.1 Å². The van der Waals surface area contributed by atoms with E-state index in [-0.39, 0.29) is 36.4 Å². The second-order valence-electron chi connectivity index (χ2n) is 8.97. The number of likely N-dealkylation sites (tertiary alicyclic amines) is 1. The van der Waals surface area contributed by atoms with Crippen molar-refractivity contribution in [1.29, 1.82) is 0 Å². The van der Waals surface area contributed by atoms with Gasteiger partial charge in [0.1, 0.15) is 18.2 Å². The Kier molecular flexibility index (Phi) is 9.21. The van der Waals surface area contributed by atoms with Gasteiger partial charge in [-0.3, -0.25) is 13.9 Å². The molecule has 0 spiro atoms. The van der Waals surface area contributed by atoms with Crippen molar-refractivity contribution in [3.8, 4) is 0 Å². The molecule has 36 heavy (non-hydrogen) atoms. The van der Waals surface area contributed by atoms with Crippen LogP contribution in [0.2, 0.25) is 0 Å². The predicted molar refractivity (Wildman–Crippen MR) is 128 cm³/mol. The summed E-state index contributed by atoms with van der Waals surface area (Å²) in [6, 6.07) is 2.65. The number of hydrogen-bond donors (Lipinski definition) is 1. The molecule has 2 rings (SSSR count). The third-order valence-electron chi connectivity index (χ3n) is 4.69. The standard InChI is InChI=1S/C23H30N2O10S/c1-7-8-33-21(28)15-9-14(20(27)32-5)10-16(11-15)24-19(26)18-12-17(35-36(6,30)31)13-25(18)22(29)34-23(2,3)4/h7,9-11,17-18H,1,8,12-13H2,2-6H3,(H,24,26)/t17-,18+/m1/s1. The van der Waals surface area contributed by atoms with Crippen LogP contribution in [0.25, 0.3) is 0 Å². The molecular formula is C23H30N2O10S. The number of benzene rings is 1. The molecule has 1 aliphatic heterocycles. The van der Waals surface area contributed by atoms with Crippen LogP contribution in [0, 0.1) is 0 Å². The van der Waals surface area contributed by atoms with Gasteiger partial charge in [0, 0.05) is 12.1 Å². The van der Waals surface area contributed by atoms with Crippen LogP contribution in [-0.4, -0.2) is 81.5 Å². The average molecular weight is 527 g/mol. The quantitative estimate of drug-likeness (QED) is 0.230. The summed E-state index contributed by atoms with van der Waals surface area (Å²) in [5, 5.41) is 2.56. The van der Waals surface area contributed by atoms with Crippen LogP contribution in [0.3, 0.4) is 0 Å². The molecule has 1 saturated heterocycles. The molecule has 0 bridgehead atoms. The van der Waals surface area contributed by atoms with Crippen molar-refractivity contribution >= 4 is 39.7 Å². The number of nitrogens with one attached hydrogen (secondary N) is 1. The molecule has 2 atom stereocenters.